The van der Waals surface area contributed by atoms with Crippen LogP contribution in [-0.4, -0.2) is 20.1 Å². The van der Waals surface area contributed by atoms with Crippen molar-refractivity contribution in [1.29, 1.82) is 0 Å². The van der Waals surface area contributed by atoms with Gasteiger partial charge in [0.2, 0.25) is 10.0 Å². The fraction of sp³-hybridized carbons (Fsp3) is 0.316. The first-order chi connectivity index (χ1) is 12.7. The van der Waals surface area contributed by atoms with Crippen LogP contribution in [0.1, 0.15) is 38.4 Å². The highest BCUT2D eigenvalue weighted by Gasteiger charge is 2.22. The van der Waals surface area contributed by atoms with E-state index in [2.05, 4.69) is 4.72 Å². The molecule has 0 aliphatic rings. The molecule has 0 aliphatic heterocycles. The second-order valence-corrected chi connectivity index (χ2v) is 9.25. The molecule has 0 radical (unpaired) electrons. The Morgan fingerprint density at radius 2 is 1.81 bits per heavy atom. The van der Waals surface area contributed by atoms with E-state index >= 15 is 0 Å². The van der Waals surface area contributed by atoms with E-state index in [4.69, 9.17) is 4.74 Å². The average Bonchev–Trinajstić information content (AvgIpc) is 2.96. The Hall–Kier alpha value is -2.16. The summed E-state index contributed by atoms with van der Waals surface area (Å²) in [7, 11) is -2.21. The van der Waals surface area contributed by atoms with Crippen LogP contribution < -0.4 is 14.3 Å². The maximum Gasteiger partial charge on any atom is 0.308 e. The molecule has 1 N–H and O–H groups in total. The highest BCUT2D eigenvalue weighted by atomic mass is 32.2. The van der Waals surface area contributed by atoms with Gasteiger partial charge in [-0.15, -0.1) is 0 Å². The van der Waals surface area contributed by atoms with Crippen LogP contribution >= 0.6 is 11.3 Å². The summed E-state index contributed by atoms with van der Waals surface area (Å²) in [6.45, 7) is 5.62. The van der Waals surface area contributed by atoms with Crippen molar-refractivity contribution >= 4 is 31.6 Å². The van der Waals surface area contributed by atoms with Crippen molar-refractivity contribution in [3.8, 4) is 5.75 Å². The molecular weight excluding hydrogens is 384 g/mol. The molecule has 0 spiro atoms. The van der Waals surface area contributed by atoms with E-state index in [1.807, 2.05) is 32.0 Å². The zero-order valence-corrected chi connectivity index (χ0v) is 17.2. The summed E-state index contributed by atoms with van der Waals surface area (Å²) < 4.78 is 36.0. The van der Waals surface area contributed by atoms with Crippen LogP contribution in [-0.2, 0) is 10.0 Å². The summed E-state index contributed by atoms with van der Waals surface area (Å²) in [5.41, 5.74) is 1.50. The Morgan fingerprint density at radius 3 is 2.48 bits per heavy atom. The number of thiazole rings is 1. The van der Waals surface area contributed by atoms with Crippen LogP contribution in [0.2, 0.25) is 0 Å². The Kier molecular flexibility index (Phi) is 5.41. The maximum atomic E-state index is 12.9. The van der Waals surface area contributed by atoms with Gasteiger partial charge < -0.3 is 4.74 Å². The number of rotatable bonds is 6. The Balaban J connectivity index is 1.96. The molecule has 0 saturated heterocycles. The fourth-order valence-corrected chi connectivity index (χ4v) is 5.44. The molecule has 0 aliphatic carbocycles. The monoisotopic (exact) mass is 406 g/mol. The molecule has 0 amide bonds. The number of benzene rings is 2. The number of fused-ring (bicyclic) bond motifs is 1. The molecule has 8 heteroatoms. The summed E-state index contributed by atoms with van der Waals surface area (Å²) in [6.07, 6.45) is 0. The van der Waals surface area contributed by atoms with Crippen molar-refractivity contribution in [3.05, 3.63) is 57.7 Å². The van der Waals surface area contributed by atoms with E-state index < -0.39 is 16.1 Å². The first-order valence-corrected chi connectivity index (χ1v) is 10.8. The molecule has 27 heavy (non-hydrogen) atoms. The van der Waals surface area contributed by atoms with Gasteiger partial charge in [0.1, 0.15) is 5.75 Å². The minimum absolute atomic E-state index is 0.0115. The fourth-order valence-electron chi connectivity index (χ4n) is 3.06. The van der Waals surface area contributed by atoms with Crippen LogP contribution in [0.4, 0.5) is 0 Å². The van der Waals surface area contributed by atoms with Gasteiger partial charge in [0.25, 0.3) is 0 Å². The lowest BCUT2D eigenvalue weighted by Gasteiger charge is -2.17. The van der Waals surface area contributed by atoms with Gasteiger partial charge in [-0.05, 0) is 45.0 Å². The van der Waals surface area contributed by atoms with Crippen molar-refractivity contribution in [2.45, 2.75) is 37.8 Å². The lowest BCUT2D eigenvalue weighted by Crippen LogP contribution is -2.27. The smallest absolute Gasteiger partial charge is 0.308 e. The normalized spacial score (nSPS) is 13.2. The van der Waals surface area contributed by atoms with Crippen molar-refractivity contribution in [1.82, 2.24) is 9.29 Å². The van der Waals surface area contributed by atoms with Crippen LogP contribution in [0.5, 0.6) is 5.75 Å². The van der Waals surface area contributed by atoms with E-state index in [0.29, 0.717) is 10.4 Å². The Labute approximate surface area is 162 Å². The Bertz CT molecular complexity index is 1130. The number of methoxy groups -OCH3 is 1. The third-order valence-corrected chi connectivity index (χ3v) is 6.81. The molecule has 3 aromatic rings. The minimum atomic E-state index is -3.76. The molecule has 1 aromatic heterocycles. The molecule has 3 rings (SSSR count). The number of nitrogens with zero attached hydrogens (tertiary/aromatic N) is 1. The molecule has 2 aromatic carbocycles. The van der Waals surface area contributed by atoms with E-state index in [1.54, 1.807) is 36.8 Å². The number of hydrogen-bond donors (Lipinski definition) is 1. The number of para-hydroxylation sites is 1. The van der Waals surface area contributed by atoms with Gasteiger partial charge in [0, 0.05) is 17.6 Å². The number of nitrogens with one attached hydrogen (secondary N) is 1. The van der Waals surface area contributed by atoms with Crippen LogP contribution in [0.3, 0.4) is 0 Å². The molecule has 0 saturated carbocycles. The number of ether oxygens (including phenoxy) is 1. The molecule has 1 atom stereocenters. The van der Waals surface area contributed by atoms with E-state index in [1.165, 1.54) is 6.07 Å². The highest BCUT2D eigenvalue weighted by molar-refractivity contribution is 7.89. The Morgan fingerprint density at radius 1 is 1.11 bits per heavy atom. The largest absolute Gasteiger partial charge is 0.496 e. The molecule has 144 valence electrons. The SMILES string of the molecule is COc1ccccc1C(C)NS(=O)(=O)c1ccc2c(c1)sc(=O)n2C(C)C. The van der Waals surface area contributed by atoms with Crippen LogP contribution in [0.25, 0.3) is 10.2 Å². The zero-order valence-electron chi connectivity index (χ0n) is 15.6. The van der Waals surface area contributed by atoms with E-state index in [0.717, 1.165) is 22.4 Å². The third-order valence-electron chi connectivity index (χ3n) is 4.35. The van der Waals surface area contributed by atoms with Gasteiger partial charge in [-0.1, -0.05) is 29.5 Å². The number of hydrogen-bond acceptors (Lipinski definition) is 5. The summed E-state index contributed by atoms with van der Waals surface area (Å²) in [5, 5.41) is 0. The van der Waals surface area contributed by atoms with Crippen molar-refractivity contribution < 1.29 is 13.2 Å². The third kappa shape index (κ3) is 3.78. The van der Waals surface area contributed by atoms with Crippen molar-refractivity contribution in [2.75, 3.05) is 7.11 Å². The molecule has 0 fully saturated rings. The zero-order chi connectivity index (χ0) is 19.8. The first-order valence-electron chi connectivity index (χ1n) is 8.55. The van der Waals surface area contributed by atoms with E-state index in [-0.39, 0.29) is 15.8 Å². The average molecular weight is 407 g/mol. The lowest BCUT2D eigenvalue weighted by atomic mass is 10.1. The first kappa shape index (κ1) is 19.6. The van der Waals surface area contributed by atoms with Crippen LogP contribution in [0.15, 0.2) is 52.2 Å². The maximum absolute atomic E-state index is 12.9. The molecule has 1 heterocycles. The summed E-state index contributed by atoms with van der Waals surface area (Å²) in [6, 6.07) is 11.6. The van der Waals surface area contributed by atoms with Crippen LogP contribution in [0, 0.1) is 0 Å². The predicted molar refractivity (Wildman–Crippen MR) is 108 cm³/mol. The summed E-state index contributed by atoms with van der Waals surface area (Å²) >= 11 is 1.05. The summed E-state index contributed by atoms with van der Waals surface area (Å²) in [4.78, 5) is 12.2. The molecular formula is C19H22N2O4S2. The second-order valence-electron chi connectivity index (χ2n) is 6.55. The van der Waals surface area contributed by atoms with Crippen molar-refractivity contribution in [3.63, 3.8) is 0 Å². The van der Waals surface area contributed by atoms with Gasteiger partial charge >= 0.3 is 4.87 Å². The van der Waals surface area contributed by atoms with Gasteiger partial charge in [0.05, 0.1) is 22.2 Å². The molecule has 0 bridgehead atoms. The number of aromatic nitrogens is 1. The second kappa shape index (κ2) is 7.46. The predicted octanol–water partition coefficient (Wildman–Crippen LogP) is 3.69. The van der Waals surface area contributed by atoms with Crippen molar-refractivity contribution in [2.24, 2.45) is 0 Å². The highest BCUT2D eigenvalue weighted by Crippen LogP contribution is 2.28. The van der Waals surface area contributed by atoms with Gasteiger partial charge in [-0.25, -0.2) is 13.1 Å². The quantitative estimate of drug-likeness (QED) is 0.677. The number of sulfonamides is 1. The lowest BCUT2D eigenvalue weighted by molar-refractivity contribution is 0.405. The van der Waals surface area contributed by atoms with E-state index in [9.17, 15) is 13.2 Å². The molecule has 1 unspecified atom stereocenters. The summed E-state index contributed by atoms with van der Waals surface area (Å²) in [5.74, 6) is 0.621. The minimum Gasteiger partial charge on any atom is -0.496 e. The topological polar surface area (TPSA) is 77.4 Å². The van der Waals surface area contributed by atoms with Gasteiger partial charge in [-0.2, -0.15) is 0 Å². The van der Waals surface area contributed by atoms with Gasteiger partial charge in [0.15, 0.2) is 0 Å². The molecule has 6 nitrogen and oxygen atoms in total. The standard InChI is InChI=1S/C19H22N2O4S2/c1-12(2)21-16-10-9-14(11-18(16)26-19(21)22)27(23,24)20-13(3)15-7-5-6-8-17(15)25-4/h5-13,20H,1-4H3. The van der Waals surface area contributed by atoms with Gasteiger partial charge in [-0.3, -0.25) is 9.36 Å².